The number of anilines is 1. The highest BCUT2D eigenvalue weighted by molar-refractivity contribution is 5.99. The van der Waals surface area contributed by atoms with Crippen molar-refractivity contribution >= 4 is 11.6 Å². The number of carbonyl (C=O) groups is 1. The standard InChI is InChI=1S/C14H21FN2O2/c1-10(2)9-19-8-4-7-17-14(18)11-5-3-6-12(15)13(11)16/h3,5-6,10H,4,7-9,16H2,1-2H3,(H,17,18). The Balaban J connectivity index is 2.30. The van der Waals surface area contributed by atoms with Crippen molar-refractivity contribution in [2.24, 2.45) is 5.92 Å². The first kappa shape index (κ1) is 15.4. The molecule has 0 atom stereocenters. The van der Waals surface area contributed by atoms with Gasteiger partial charge in [-0.1, -0.05) is 19.9 Å². The van der Waals surface area contributed by atoms with Gasteiger partial charge in [0.2, 0.25) is 0 Å². The average Bonchev–Trinajstić information content (AvgIpc) is 2.36. The molecule has 106 valence electrons. The number of para-hydroxylation sites is 1. The summed E-state index contributed by atoms with van der Waals surface area (Å²) in [7, 11) is 0. The Morgan fingerprint density at radius 3 is 2.89 bits per heavy atom. The van der Waals surface area contributed by atoms with Crippen molar-refractivity contribution in [1.82, 2.24) is 5.32 Å². The minimum atomic E-state index is -0.576. The van der Waals surface area contributed by atoms with Crippen LogP contribution < -0.4 is 11.1 Å². The minimum absolute atomic E-state index is 0.115. The molecular weight excluding hydrogens is 247 g/mol. The molecule has 0 saturated heterocycles. The Kier molecular flexibility index (Phi) is 6.29. The van der Waals surface area contributed by atoms with Gasteiger partial charge in [0.1, 0.15) is 5.82 Å². The van der Waals surface area contributed by atoms with Gasteiger partial charge in [-0.2, -0.15) is 0 Å². The second-order valence-corrected chi connectivity index (χ2v) is 4.78. The Morgan fingerprint density at radius 2 is 2.21 bits per heavy atom. The zero-order chi connectivity index (χ0) is 14.3. The molecule has 0 aliphatic heterocycles. The monoisotopic (exact) mass is 268 g/mol. The van der Waals surface area contributed by atoms with Crippen LogP contribution >= 0.6 is 0 Å². The van der Waals surface area contributed by atoms with E-state index in [1.807, 2.05) is 0 Å². The minimum Gasteiger partial charge on any atom is -0.396 e. The van der Waals surface area contributed by atoms with Crippen LogP contribution in [0.15, 0.2) is 18.2 Å². The first-order chi connectivity index (χ1) is 9.02. The molecule has 0 heterocycles. The highest BCUT2D eigenvalue weighted by Gasteiger charge is 2.11. The van der Waals surface area contributed by atoms with Crippen LogP contribution in [0.3, 0.4) is 0 Å². The van der Waals surface area contributed by atoms with Crippen LogP contribution in [0.1, 0.15) is 30.6 Å². The molecule has 0 aliphatic carbocycles. The fourth-order valence-corrected chi connectivity index (χ4v) is 1.53. The van der Waals surface area contributed by atoms with Crippen molar-refractivity contribution in [2.75, 3.05) is 25.5 Å². The number of hydrogen-bond donors (Lipinski definition) is 2. The van der Waals surface area contributed by atoms with Gasteiger partial charge >= 0.3 is 0 Å². The van der Waals surface area contributed by atoms with Gasteiger partial charge in [0.05, 0.1) is 11.3 Å². The van der Waals surface area contributed by atoms with Crippen LogP contribution in [-0.4, -0.2) is 25.7 Å². The van der Waals surface area contributed by atoms with E-state index in [1.165, 1.54) is 18.2 Å². The van der Waals surface area contributed by atoms with E-state index in [2.05, 4.69) is 19.2 Å². The fourth-order valence-electron chi connectivity index (χ4n) is 1.53. The van der Waals surface area contributed by atoms with Gasteiger partial charge in [0.25, 0.3) is 5.91 Å². The molecule has 0 unspecified atom stereocenters. The van der Waals surface area contributed by atoms with E-state index in [-0.39, 0.29) is 17.2 Å². The molecule has 0 bridgehead atoms. The predicted octanol–water partition coefficient (Wildman–Crippen LogP) is 2.20. The molecule has 0 aliphatic rings. The number of carbonyl (C=O) groups excluding carboxylic acids is 1. The van der Waals surface area contributed by atoms with Crippen LogP contribution in [0.4, 0.5) is 10.1 Å². The summed E-state index contributed by atoms with van der Waals surface area (Å²) < 4.78 is 18.6. The number of nitrogens with two attached hydrogens (primary N) is 1. The van der Waals surface area contributed by atoms with E-state index < -0.39 is 5.82 Å². The molecule has 1 rings (SSSR count). The Bertz CT molecular complexity index is 422. The van der Waals surface area contributed by atoms with Crippen LogP contribution in [-0.2, 0) is 4.74 Å². The molecule has 19 heavy (non-hydrogen) atoms. The number of hydrogen-bond acceptors (Lipinski definition) is 3. The van der Waals surface area contributed by atoms with E-state index in [4.69, 9.17) is 10.5 Å². The van der Waals surface area contributed by atoms with Crippen molar-refractivity contribution in [2.45, 2.75) is 20.3 Å². The summed E-state index contributed by atoms with van der Waals surface area (Å²) in [5, 5.41) is 2.69. The van der Waals surface area contributed by atoms with Gasteiger partial charge in [-0.25, -0.2) is 4.39 Å². The van der Waals surface area contributed by atoms with Gasteiger partial charge in [-0.05, 0) is 24.5 Å². The normalized spacial score (nSPS) is 10.7. The van der Waals surface area contributed by atoms with Crippen molar-refractivity contribution < 1.29 is 13.9 Å². The van der Waals surface area contributed by atoms with Gasteiger partial charge in [-0.3, -0.25) is 4.79 Å². The first-order valence-corrected chi connectivity index (χ1v) is 6.42. The van der Waals surface area contributed by atoms with Crippen LogP contribution in [0, 0.1) is 11.7 Å². The molecule has 0 saturated carbocycles. The molecule has 5 heteroatoms. The highest BCUT2D eigenvalue weighted by Crippen LogP contribution is 2.15. The Morgan fingerprint density at radius 1 is 1.47 bits per heavy atom. The predicted molar refractivity (Wildman–Crippen MR) is 73.4 cm³/mol. The third-order valence-corrected chi connectivity index (χ3v) is 2.50. The molecule has 0 fully saturated rings. The molecule has 1 aromatic carbocycles. The lowest BCUT2D eigenvalue weighted by atomic mass is 10.1. The summed E-state index contributed by atoms with van der Waals surface area (Å²) in [5.41, 5.74) is 5.56. The van der Waals surface area contributed by atoms with Crippen LogP contribution in [0.5, 0.6) is 0 Å². The SMILES string of the molecule is CC(C)COCCCNC(=O)c1cccc(F)c1N. The Labute approximate surface area is 113 Å². The van der Waals surface area contributed by atoms with Crippen molar-refractivity contribution in [3.63, 3.8) is 0 Å². The Hall–Kier alpha value is -1.62. The molecule has 0 radical (unpaired) electrons. The van der Waals surface area contributed by atoms with Crippen LogP contribution in [0.25, 0.3) is 0 Å². The third kappa shape index (κ3) is 5.26. The number of nitrogen functional groups attached to an aromatic ring is 1. The lowest BCUT2D eigenvalue weighted by molar-refractivity contribution is 0.0925. The lowest BCUT2D eigenvalue weighted by Crippen LogP contribution is -2.26. The number of benzene rings is 1. The number of nitrogens with one attached hydrogen (secondary N) is 1. The zero-order valence-electron chi connectivity index (χ0n) is 11.4. The number of halogens is 1. The quantitative estimate of drug-likeness (QED) is 0.588. The first-order valence-electron chi connectivity index (χ1n) is 6.42. The van der Waals surface area contributed by atoms with E-state index in [9.17, 15) is 9.18 Å². The highest BCUT2D eigenvalue weighted by atomic mass is 19.1. The molecule has 3 N–H and O–H groups in total. The van der Waals surface area contributed by atoms with Gasteiger partial charge in [0, 0.05) is 19.8 Å². The number of amides is 1. The topological polar surface area (TPSA) is 64.3 Å². The maximum Gasteiger partial charge on any atom is 0.253 e. The van der Waals surface area contributed by atoms with E-state index >= 15 is 0 Å². The smallest absolute Gasteiger partial charge is 0.253 e. The largest absolute Gasteiger partial charge is 0.396 e. The summed E-state index contributed by atoms with van der Waals surface area (Å²) in [6.07, 6.45) is 0.716. The summed E-state index contributed by atoms with van der Waals surface area (Å²) in [5.74, 6) is -0.435. The summed E-state index contributed by atoms with van der Waals surface area (Å²) >= 11 is 0. The molecule has 4 nitrogen and oxygen atoms in total. The second-order valence-electron chi connectivity index (χ2n) is 4.78. The van der Waals surface area contributed by atoms with Gasteiger partial charge in [-0.15, -0.1) is 0 Å². The van der Waals surface area contributed by atoms with E-state index in [1.54, 1.807) is 0 Å². The molecule has 1 aromatic rings. The molecular formula is C14H21FN2O2. The molecule has 0 spiro atoms. The zero-order valence-corrected chi connectivity index (χ0v) is 11.4. The van der Waals surface area contributed by atoms with Gasteiger partial charge in [0.15, 0.2) is 0 Å². The maximum atomic E-state index is 13.2. The second kappa shape index (κ2) is 7.74. The van der Waals surface area contributed by atoms with Crippen molar-refractivity contribution in [1.29, 1.82) is 0 Å². The van der Waals surface area contributed by atoms with Crippen LogP contribution in [0.2, 0.25) is 0 Å². The molecule has 1 amide bonds. The molecule has 0 aromatic heterocycles. The summed E-state index contributed by atoms with van der Waals surface area (Å²) in [4.78, 5) is 11.8. The average molecular weight is 268 g/mol. The lowest BCUT2D eigenvalue weighted by Gasteiger charge is -2.09. The number of ether oxygens (including phenoxy) is 1. The van der Waals surface area contributed by atoms with Gasteiger partial charge < -0.3 is 15.8 Å². The number of rotatable bonds is 7. The van der Waals surface area contributed by atoms with Crippen molar-refractivity contribution in [3.05, 3.63) is 29.6 Å². The summed E-state index contributed by atoms with van der Waals surface area (Å²) in [6.45, 7) is 5.94. The fraction of sp³-hybridized carbons (Fsp3) is 0.500. The third-order valence-electron chi connectivity index (χ3n) is 2.50. The summed E-state index contributed by atoms with van der Waals surface area (Å²) in [6, 6.07) is 4.20. The van der Waals surface area contributed by atoms with E-state index in [0.29, 0.717) is 32.1 Å². The van der Waals surface area contributed by atoms with E-state index in [0.717, 1.165) is 0 Å². The van der Waals surface area contributed by atoms with Crippen molar-refractivity contribution in [3.8, 4) is 0 Å². The maximum absolute atomic E-state index is 13.2.